The van der Waals surface area contributed by atoms with Crippen LogP contribution < -0.4 is 10.6 Å². The minimum absolute atomic E-state index is 0.0444. The lowest BCUT2D eigenvalue weighted by Gasteiger charge is -2.29. The molecule has 0 unspecified atom stereocenters. The van der Waals surface area contributed by atoms with Gasteiger partial charge in [-0.1, -0.05) is 6.07 Å². The van der Waals surface area contributed by atoms with E-state index in [0.29, 0.717) is 18.5 Å². The highest BCUT2D eigenvalue weighted by molar-refractivity contribution is 6.01. The predicted molar refractivity (Wildman–Crippen MR) is 122 cm³/mol. The number of benzene rings is 1. The maximum absolute atomic E-state index is 14.2. The molecule has 3 N–H and O–H groups in total. The molecule has 190 valence electrons. The Morgan fingerprint density at radius 1 is 1.31 bits per heavy atom. The minimum Gasteiger partial charge on any atom is -0.356 e. The number of aromatic nitrogens is 1. The first-order valence-electron chi connectivity index (χ1n) is 12.1. The van der Waals surface area contributed by atoms with E-state index in [0.717, 1.165) is 6.42 Å². The number of hydrogen-bond donors (Lipinski definition) is 3. The average Bonchev–Trinajstić information content (AvgIpc) is 3.49. The summed E-state index contributed by atoms with van der Waals surface area (Å²) in [6.45, 7) is 0.518. The van der Waals surface area contributed by atoms with Gasteiger partial charge in [0, 0.05) is 42.8 Å². The number of alkyl halides is 2. The quantitative estimate of drug-likeness (QED) is 0.584. The standard InChI is InChI=1S/C25H26F3N5O3/c26-18-4-1-5-19-16(18)8-20(32-19)24(36)33-12-14-9-25(27,28)10-17(14)21(33)23(35)31-15(11-29)7-13-3-2-6-30-22(13)34/h1,4-5,8,13-15,17,21,32H,2-3,6-7,9-10,12H2,(H,30,34)(H,31,35)/t13-,14+,15+,17+,21-/m1/s1. The van der Waals surface area contributed by atoms with E-state index in [4.69, 9.17) is 0 Å². The second-order valence-electron chi connectivity index (χ2n) is 10.0. The van der Waals surface area contributed by atoms with Crippen LogP contribution in [0.5, 0.6) is 0 Å². The third kappa shape index (κ3) is 4.40. The third-order valence-electron chi connectivity index (χ3n) is 7.64. The highest BCUT2D eigenvalue weighted by atomic mass is 19.3. The van der Waals surface area contributed by atoms with Crippen LogP contribution in [0.1, 0.15) is 42.6 Å². The first-order valence-corrected chi connectivity index (χ1v) is 12.1. The summed E-state index contributed by atoms with van der Waals surface area (Å²) in [5.74, 6) is -6.72. The van der Waals surface area contributed by atoms with Crippen molar-refractivity contribution in [2.75, 3.05) is 13.1 Å². The SMILES string of the molecule is N#C[C@H](C[C@H]1CCCNC1=O)NC(=O)[C@H]1[C@H]2CC(F)(F)C[C@H]2CN1C(=O)c1cc2c(F)cccc2[nH]1. The summed E-state index contributed by atoms with van der Waals surface area (Å²) < 4.78 is 42.6. The maximum atomic E-state index is 14.2. The molecule has 1 saturated carbocycles. The van der Waals surface area contributed by atoms with E-state index in [9.17, 15) is 32.8 Å². The van der Waals surface area contributed by atoms with Crippen LogP contribution in [0.3, 0.4) is 0 Å². The van der Waals surface area contributed by atoms with Crippen molar-refractivity contribution in [3.8, 4) is 6.07 Å². The third-order valence-corrected chi connectivity index (χ3v) is 7.64. The van der Waals surface area contributed by atoms with Gasteiger partial charge in [0.15, 0.2) is 0 Å². The number of H-pyrrole nitrogens is 1. The van der Waals surface area contributed by atoms with E-state index in [2.05, 4.69) is 15.6 Å². The van der Waals surface area contributed by atoms with Gasteiger partial charge in [-0.25, -0.2) is 13.2 Å². The number of hydrogen-bond acceptors (Lipinski definition) is 4. The topological polar surface area (TPSA) is 118 Å². The summed E-state index contributed by atoms with van der Waals surface area (Å²) in [5, 5.41) is 15.2. The molecular weight excluding hydrogens is 475 g/mol. The number of carbonyl (C=O) groups is 3. The molecule has 2 aromatic rings. The Bertz CT molecular complexity index is 1260. The number of halogens is 3. The van der Waals surface area contributed by atoms with Crippen molar-refractivity contribution in [3.63, 3.8) is 0 Å². The van der Waals surface area contributed by atoms with Crippen molar-refractivity contribution in [2.45, 2.75) is 50.1 Å². The zero-order valence-electron chi connectivity index (χ0n) is 19.4. The molecule has 36 heavy (non-hydrogen) atoms. The fraction of sp³-hybridized carbons (Fsp3) is 0.520. The van der Waals surface area contributed by atoms with Gasteiger partial charge >= 0.3 is 0 Å². The summed E-state index contributed by atoms with van der Waals surface area (Å²) >= 11 is 0. The molecule has 1 aromatic heterocycles. The summed E-state index contributed by atoms with van der Waals surface area (Å²) in [6, 6.07) is 5.49. The number of amides is 3. The Morgan fingerprint density at radius 3 is 2.83 bits per heavy atom. The van der Waals surface area contributed by atoms with Crippen molar-refractivity contribution in [3.05, 3.63) is 35.8 Å². The van der Waals surface area contributed by atoms with E-state index < -0.39 is 66.2 Å². The van der Waals surface area contributed by atoms with Crippen LogP contribution in [0.4, 0.5) is 13.2 Å². The summed E-state index contributed by atoms with van der Waals surface area (Å²) in [7, 11) is 0. The van der Waals surface area contributed by atoms with Gasteiger partial charge in [-0.2, -0.15) is 5.26 Å². The van der Waals surface area contributed by atoms with Gasteiger partial charge in [-0.15, -0.1) is 0 Å². The largest absolute Gasteiger partial charge is 0.356 e. The van der Waals surface area contributed by atoms with Gasteiger partial charge in [0.2, 0.25) is 17.7 Å². The van der Waals surface area contributed by atoms with Crippen molar-refractivity contribution in [1.29, 1.82) is 5.26 Å². The van der Waals surface area contributed by atoms with Gasteiger partial charge in [-0.05, 0) is 49.3 Å². The molecule has 3 heterocycles. The summed E-state index contributed by atoms with van der Waals surface area (Å²) in [4.78, 5) is 43.0. The van der Waals surface area contributed by atoms with Crippen molar-refractivity contribution >= 4 is 28.6 Å². The van der Waals surface area contributed by atoms with Crippen LogP contribution in [0.2, 0.25) is 0 Å². The highest BCUT2D eigenvalue weighted by Crippen LogP contribution is 2.50. The fourth-order valence-electron chi connectivity index (χ4n) is 5.98. The van der Waals surface area contributed by atoms with E-state index in [1.165, 1.54) is 23.1 Å². The summed E-state index contributed by atoms with van der Waals surface area (Å²) in [5.41, 5.74) is 0.455. The molecule has 8 nitrogen and oxygen atoms in total. The Balaban J connectivity index is 1.39. The molecule has 5 rings (SSSR count). The van der Waals surface area contributed by atoms with E-state index in [1.54, 1.807) is 6.07 Å². The number of piperidine rings is 1. The molecule has 2 saturated heterocycles. The molecule has 11 heteroatoms. The molecule has 0 radical (unpaired) electrons. The van der Waals surface area contributed by atoms with Crippen molar-refractivity contribution in [1.82, 2.24) is 20.5 Å². The Morgan fingerprint density at radius 2 is 2.11 bits per heavy atom. The number of carbonyl (C=O) groups excluding carboxylic acids is 3. The van der Waals surface area contributed by atoms with Crippen LogP contribution in [0.15, 0.2) is 24.3 Å². The highest BCUT2D eigenvalue weighted by Gasteiger charge is 2.58. The Kier molecular flexibility index (Phi) is 6.14. The lowest BCUT2D eigenvalue weighted by Crippen LogP contribution is -2.52. The Hall–Kier alpha value is -3.55. The normalized spacial score (nSPS) is 27.8. The smallest absolute Gasteiger partial charge is 0.271 e. The van der Waals surface area contributed by atoms with Crippen LogP contribution in [-0.4, -0.2) is 58.7 Å². The molecule has 5 atom stereocenters. The lowest BCUT2D eigenvalue weighted by atomic mass is 9.90. The lowest BCUT2D eigenvalue weighted by molar-refractivity contribution is -0.129. The number of nitrogens with one attached hydrogen (secondary N) is 3. The molecular formula is C25H26F3N5O3. The first-order chi connectivity index (χ1) is 17.2. The van der Waals surface area contributed by atoms with Crippen LogP contribution >= 0.6 is 0 Å². The second-order valence-corrected chi connectivity index (χ2v) is 10.0. The molecule has 2 aliphatic heterocycles. The summed E-state index contributed by atoms with van der Waals surface area (Å²) in [6.07, 6.45) is 0.471. The predicted octanol–water partition coefficient (Wildman–Crippen LogP) is 2.72. The van der Waals surface area contributed by atoms with E-state index in [-0.39, 0.29) is 30.0 Å². The van der Waals surface area contributed by atoms with Crippen LogP contribution in [0, 0.1) is 34.9 Å². The van der Waals surface area contributed by atoms with Gasteiger partial charge in [0.25, 0.3) is 5.91 Å². The van der Waals surface area contributed by atoms with Gasteiger partial charge in [0.1, 0.15) is 23.6 Å². The zero-order chi connectivity index (χ0) is 25.6. The number of likely N-dealkylation sites (tertiary alicyclic amines) is 1. The van der Waals surface area contributed by atoms with Crippen molar-refractivity contribution < 1.29 is 27.6 Å². The van der Waals surface area contributed by atoms with Crippen LogP contribution in [0.25, 0.3) is 10.9 Å². The number of nitriles is 1. The first kappa shape index (κ1) is 24.2. The molecule has 0 bridgehead atoms. The molecule has 3 aliphatic rings. The number of fused-ring (bicyclic) bond motifs is 2. The molecule has 1 aliphatic carbocycles. The van der Waals surface area contributed by atoms with Gasteiger partial charge in [0.05, 0.1) is 6.07 Å². The van der Waals surface area contributed by atoms with E-state index in [1.807, 2.05) is 6.07 Å². The second kappa shape index (κ2) is 9.15. The monoisotopic (exact) mass is 501 g/mol. The minimum atomic E-state index is -2.94. The number of nitrogens with zero attached hydrogens (tertiary/aromatic N) is 2. The fourth-order valence-corrected chi connectivity index (χ4v) is 5.98. The molecule has 1 aromatic carbocycles. The van der Waals surface area contributed by atoms with E-state index >= 15 is 0 Å². The zero-order valence-corrected chi connectivity index (χ0v) is 19.4. The van der Waals surface area contributed by atoms with Gasteiger partial charge < -0.3 is 20.5 Å². The molecule has 0 spiro atoms. The average molecular weight is 502 g/mol. The maximum Gasteiger partial charge on any atom is 0.271 e. The number of aromatic amines is 1. The molecule has 3 fully saturated rings. The van der Waals surface area contributed by atoms with Crippen molar-refractivity contribution in [2.24, 2.45) is 17.8 Å². The number of rotatable bonds is 5. The van der Waals surface area contributed by atoms with Crippen LogP contribution in [-0.2, 0) is 9.59 Å². The Labute approximate surface area is 205 Å². The van der Waals surface area contributed by atoms with Gasteiger partial charge in [-0.3, -0.25) is 14.4 Å². The molecule has 3 amide bonds.